The molecule has 1 saturated heterocycles. The van der Waals surface area contributed by atoms with Crippen LogP contribution in [0.4, 0.5) is 0 Å². The first-order chi connectivity index (χ1) is 9.27. The van der Waals surface area contributed by atoms with Crippen LogP contribution in [0.3, 0.4) is 0 Å². The Kier molecular flexibility index (Phi) is 15.7. The van der Waals surface area contributed by atoms with Crippen LogP contribution in [0.1, 0.15) is 72.8 Å². The normalized spacial score (nSPS) is 21.1. The number of ether oxygens (including phenoxy) is 1. The molecule has 0 radical (unpaired) electrons. The van der Waals surface area contributed by atoms with E-state index in [1.165, 1.54) is 37.7 Å². The van der Waals surface area contributed by atoms with E-state index in [4.69, 9.17) is 4.74 Å². The average Bonchev–Trinajstić information content (AvgIpc) is 3.23. The van der Waals surface area contributed by atoms with E-state index in [2.05, 4.69) is 32.9 Å². The van der Waals surface area contributed by atoms with Crippen molar-refractivity contribution in [2.24, 2.45) is 0 Å². The first-order valence-electron chi connectivity index (χ1n) is 7.95. The summed E-state index contributed by atoms with van der Waals surface area (Å²) < 4.78 is 5.28. The molecule has 0 spiro atoms. The van der Waals surface area contributed by atoms with E-state index in [0.717, 1.165) is 0 Å². The van der Waals surface area contributed by atoms with Crippen LogP contribution in [0.15, 0.2) is 30.3 Å². The SMILES string of the molecule is C.C1CCC2OC2C1.CC.CCC.Cc1ccccc1. The monoisotopic (exact) mass is 280 g/mol. The zero-order chi connectivity index (χ0) is 14.5. The standard InChI is InChI=1S/C7H8.C6H10O.C3H8.C2H6.CH4/c1-7-5-3-2-4-6-7;1-2-4-6-5(3-1)7-6;1-3-2;1-2;/h2-6H,1H3;5-6H,1-4H2;3H2,1-2H3;1-2H3;1H4. The highest BCUT2D eigenvalue weighted by atomic mass is 16.6. The quantitative estimate of drug-likeness (QED) is 0.501. The van der Waals surface area contributed by atoms with Gasteiger partial charge in [0.15, 0.2) is 0 Å². The van der Waals surface area contributed by atoms with E-state index in [1.54, 1.807) is 0 Å². The third-order valence-corrected chi connectivity index (χ3v) is 2.86. The molecule has 2 unspecified atom stereocenters. The van der Waals surface area contributed by atoms with Gasteiger partial charge >= 0.3 is 0 Å². The first kappa shape index (κ1) is 21.5. The second-order valence-corrected chi connectivity index (χ2v) is 4.86. The van der Waals surface area contributed by atoms with Crippen LogP contribution < -0.4 is 0 Å². The summed E-state index contributed by atoms with van der Waals surface area (Å²) in [6.07, 6.45) is 8.14. The van der Waals surface area contributed by atoms with Gasteiger partial charge in [-0.2, -0.15) is 0 Å². The van der Waals surface area contributed by atoms with E-state index < -0.39 is 0 Å². The van der Waals surface area contributed by atoms with Crippen molar-refractivity contribution in [3.05, 3.63) is 35.9 Å². The van der Waals surface area contributed by atoms with Crippen molar-refractivity contribution >= 4 is 0 Å². The molecule has 1 heteroatoms. The summed E-state index contributed by atoms with van der Waals surface area (Å²) in [5.74, 6) is 0. The van der Waals surface area contributed by atoms with Gasteiger partial charge in [0, 0.05) is 0 Å². The first-order valence-corrected chi connectivity index (χ1v) is 7.95. The highest BCUT2D eigenvalue weighted by molar-refractivity contribution is 5.11. The predicted octanol–water partition coefficient (Wildman–Crippen LogP) is 6.40. The molecule has 1 aliphatic carbocycles. The number of rotatable bonds is 0. The van der Waals surface area contributed by atoms with Crippen LogP contribution in [0, 0.1) is 6.92 Å². The summed E-state index contributed by atoms with van der Waals surface area (Å²) >= 11 is 0. The van der Waals surface area contributed by atoms with Gasteiger partial charge in [-0.1, -0.05) is 90.3 Å². The van der Waals surface area contributed by atoms with Crippen LogP contribution in [-0.4, -0.2) is 12.2 Å². The zero-order valence-electron chi connectivity index (χ0n) is 13.5. The van der Waals surface area contributed by atoms with Gasteiger partial charge in [-0.15, -0.1) is 0 Å². The Morgan fingerprint density at radius 2 is 1.35 bits per heavy atom. The fourth-order valence-electron chi connectivity index (χ4n) is 1.91. The summed E-state index contributed by atoms with van der Waals surface area (Å²) in [4.78, 5) is 0. The number of fused-ring (bicyclic) bond motifs is 1. The zero-order valence-corrected chi connectivity index (χ0v) is 13.5. The van der Waals surface area contributed by atoms with Crippen molar-refractivity contribution in [2.45, 2.75) is 86.4 Å². The van der Waals surface area contributed by atoms with Gasteiger partial charge in [-0.05, 0) is 19.8 Å². The van der Waals surface area contributed by atoms with Crippen molar-refractivity contribution in [1.82, 2.24) is 0 Å². The molecular weight excluding hydrogens is 244 g/mol. The average molecular weight is 280 g/mol. The molecule has 1 aliphatic heterocycles. The number of hydrogen-bond donors (Lipinski definition) is 0. The van der Waals surface area contributed by atoms with Crippen LogP contribution in [0.5, 0.6) is 0 Å². The summed E-state index contributed by atoms with van der Waals surface area (Å²) in [6.45, 7) is 10.3. The molecule has 118 valence electrons. The van der Waals surface area contributed by atoms with Gasteiger partial charge in [0.05, 0.1) is 12.2 Å². The Morgan fingerprint density at radius 1 is 0.950 bits per heavy atom. The molecule has 1 aromatic carbocycles. The maximum absolute atomic E-state index is 5.28. The van der Waals surface area contributed by atoms with Crippen molar-refractivity contribution < 1.29 is 4.74 Å². The fourth-order valence-corrected chi connectivity index (χ4v) is 1.91. The van der Waals surface area contributed by atoms with Crippen molar-refractivity contribution in [3.63, 3.8) is 0 Å². The lowest BCUT2D eigenvalue weighted by Gasteiger charge is -2.00. The number of epoxide rings is 1. The van der Waals surface area contributed by atoms with Gasteiger partial charge in [0.1, 0.15) is 0 Å². The topological polar surface area (TPSA) is 12.5 Å². The number of benzene rings is 1. The molecule has 2 aliphatic rings. The molecule has 1 nitrogen and oxygen atoms in total. The van der Waals surface area contributed by atoms with Crippen LogP contribution in [-0.2, 0) is 4.74 Å². The minimum Gasteiger partial charge on any atom is -0.370 e. The van der Waals surface area contributed by atoms with E-state index in [0.29, 0.717) is 12.2 Å². The molecule has 0 aromatic heterocycles. The molecular formula is C19H36O. The molecule has 1 saturated carbocycles. The minimum absolute atomic E-state index is 0. The minimum atomic E-state index is 0. The second kappa shape index (κ2) is 14.6. The van der Waals surface area contributed by atoms with Gasteiger partial charge in [0.25, 0.3) is 0 Å². The van der Waals surface area contributed by atoms with Gasteiger partial charge in [-0.3, -0.25) is 0 Å². The highest BCUT2D eigenvalue weighted by Crippen LogP contribution is 2.35. The molecule has 1 heterocycles. The largest absolute Gasteiger partial charge is 0.370 e. The molecule has 0 amide bonds. The number of hydrogen-bond acceptors (Lipinski definition) is 1. The molecule has 2 fully saturated rings. The predicted molar refractivity (Wildman–Crippen MR) is 92.4 cm³/mol. The Bertz CT molecular complexity index is 271. The molecule has 1 aromatic rings. The van der Waals surface area contributed by atoms with E-state index >= 15 is 0 Å². The molecule has 3 rings (SSSR count). The van der Waals surface area contributed by atoms with E-state index in [9.17, 15) is 0 Å². The highest BCUT2D eigenvalue weighted by Gasteiger charge is 2.39. The summed E-state index contributed by atoms with van der Waals surface area (Å²) in [5, 5.41) is 0. The molecule has 20 heavy (non-hydrogen) atoms. The molecule has 0 bridgehead atoms. The smallest absolute Gasteiger partial charge is 0.0841 e. The van der Waals surface area contributed by atoms with E-state index in [1.807, 2.05) is 32.0 Å². The third kappa shape index (κ3) is 11.0. The van der Waals surface area contributed by atoms with Gasteiger partial charge in [-0.25, -0.2) is 0 Å². The lowest BCUT2D eigenvalue weighted by atomic mass is 10.0. The Labute approximate surface area is 127 Å². The van der Waals surface area contributed by atoms with Gasteiger partial charge in [0.2, 0.25) is 0 Å². The number of aryl methyl sites for hydroxylation is 1. The fraction of sp³-hybridized carbons (Fsp3) is 0.684. The maximum atomic E-state index is 5.28. The van der Waals surface area contributed by atoms with Crippen LogP contribution >= 0.6 is 0 Å². The van der Waals surface area contributed by atoms with Crippen LogP contribution in [0.2, 0.25) is 0 Å². The van der Waals surface area contributed by atoms with Crippen molar-refractivity contribution in [1.29, 1.82) is 0 Å². The van der Waals surface area contributed by atoms with Gasteiger partial charge < -0.3 is 4.74 Å². The Hall–Kier alpha value is -0.820. The summed E-state index contributed by atoms with van der Waals surface area (Å²) in [5.41, 5.74) is 1.32. The van der Waals surface area contributed by atoms with Crippen molar-refractivity contribution in [3.8, 4) is 0 Å². The molecule has 0 N–H and O–H groups in total. The lowest BCUT2D eigenvalue weighted by molar-refractivity contribution is 0.373. The molecule has 2 atom stereocenters. The Balaban J connectivity index is 0. The summed E-state index contributed by atoms with van der Waals surface area (Å²) in [6, 6.07) is 10.3. The maximum Gasteiger partial charge on any atom is 0.0841 e. The Morgan fingerprint density at radius 3 is 1.60 bits per heavy atom. The second-order valence-electron chi connectivity index (χ2n) is 4.86. The van der Waals surface area contributed by atoms with Crippen molar-refractivity contribution in [2.75, 3.05) is 0 Å². The lowest BCUT2D eigenvalue weighted by Crippen LogP contribution is -2.00. The van der Waals surface area contributed by atoms with E-state index in [-0.39, 0.29) is 7.43 Å². The third-order valence-electron chi connectivity index (χ3n) is 2.86. The van der Waals surface area contributed by atoms with Crippen LogP contribution in [0.25, 0.3) is 0 Å². The summed E-state index contributed by atoms with van der Waals surface area (Å²) in [7, 11) is 0.